The molecule has 3 rings (SSSR count). The van der Waals surface area contributed by atoms with Gasteiger partial charge in [-0.15, -0.1) is 5.10 Å². The van der Waals surface area contributed by atoms with Crippen LogP contribution in [0.25, 0.3) is 11.4 Å². The molecule has 3 aromatic rings. The van der Waals surface area contributed by atoms with Crippen molar-refractivity contribution in [1.29, 1.82) is 0 Å². The van der Waals surface area contributed by atoms with Gasteiger partial charge < -0.3 is 9.47 Å². The van der Waals surface area contributed by atoms with Gasteiger partial charge in [-0.25, -0.2) is 0 Å². The summed E-state index contributed by atoms with van der Waals surface area (Å²) < 4.78 is 12.1. The molecule has 0 N–H and O–H groups in total. The predicted octanol–water partition coefficient (Wildman–Crippen LogP) is 3.43. The number of rotatable bonds is 5. The summed E-state index contributed by atoms with van der Waals surface area (Å²) in [5.74, 6) is 0.804. The molecule has 0 spiro atoms. The van der Waals surface area contributed by atoms with Gasteiger partial charge in [-0.2, -0.15) is 9.67 Å². The van der Waals surface area contributed by atoms with E-state index in [4.69, 9.17) is 9.47 Å². The van der Waals surface area contributed by atoms with Crippen molar-refractivity contribution in [3.8, 4) is 23.1 Å². The van der Waals surface area contributed by atoms with Gasteiger partial charge in [0.1, 0.15) is 5.75 Å². The zero-order valence-electron chi connectivity index (χ0n) is 14.3. The van der Waals surface area contributed by atoms with Crippen LogP contribution in [0.2, 0.25) is 0 Å². The van der Waals surface area contributed by atoms with Crippen molar-refractivity contribution in [2.75, 3.05) is 7.11 Å². The minimum absolute atomic E-state index is 0.0964. The molecule has 0 aliphatic heterocycles. The van der Waals surface area contributed by atoms with Crippen LogP contribution < -0.4 is 9.47 Å². The van der Waals surface area contributed by atoms with Gasteiger partial charge in [0.25, 0.3) is 5.91 Å². The van der Waals surface area contributed by atoms with Crippen molar-refractivity contribution in [3.63, 3.8) is 0 Å². The number of benzene rings is 2. The minimum atomic E-state index is -0.274. The molecule has 1 aromatic heterocycles. The van der Waals surface area contributed by atoms with Crippen LogP contribution in [0.15, 0.2) is 54.6 Å². The number of ether oxygens (including phenoxy) is 2. The van der Waals surface area contributed by atoms with E-state index in [0.717, 1.165) is 5.56 Å². The first-order valence-electron chi connectivity index (χ1n) is 7.96. The number of carbonyl (C=O) groups is 1. The molecule has 0 radical (unpaired) electrons. The molecular weight excluding hydrogens is 318 g/mol. The third kappa shape index (κ3) is 3.68. The van der Waals surface area contributed by atoms with Gasteiger partial charge in [0.05, 0.1) is 13.2 Å². The molecule has 0 saturated heterocycles. The van der Waals surface area contributed by atoms with Gasteiger partial charge in [0.15, 0.2) is 5.82 Å². The summed E-state index contributed by atoms with van der Waals surface area (Å²) in [4.78, 5) is 17.3. The molecule has 0 saturated carbocycles. The zero-order chi connectivity index (χ0) is 17.8. The summed E-state index contributed by atoms with van der Waals surface area (Å²) in [5.41, 5.74) is 1.24. The van der Waals surface area contributed by atoms with Crippen molar-refractivity contribution in [3.05, 3.63) is 60.2 Å². The largest absolute Gasteiger partial charge is 0.497 e. The normalized spacial score (nSPS) is 10.7. The van der Waals surface area contributed by atoms with Crippen LogP contribution in [-0.2, 0) is 0 Å². The Labute approximate surface area is 146 Å². The Hall–Kier alpha value is -3.15. The van der Waals surface area contributed by atoms with Crippen LogP contribution in [0.4, 0.5) is 0 Å². The second-order valence-electron chi connectivity index (χ2n) is 5.70. The lowest BCUT2D eigenvalue weighted by Crippen LogP contribution is -2.15. The molecule has 128 valence electrons. The molecule has 0 aliphatic rings. The van der Waals surface area contributed by atoms with Crippen LogP contribution in [0.5, 0.6) is 11.8 Å². The Morgan fingerprint density at radius 2 is 1.84 bits per heavy atom. The van der Waals surface area contributed by atoms with Gasteiger partial charge in [-0.1, -0.05) is 30.3 Å². The zero-order valence-corrected chi connectivity index (χ0v) is 14.3. The van der Waals surface area contributed by atoms with Gasteiger partial charge in [-0.3, -0.25) is 4.79 Å². The maximum Gasteiger partial charge on any atom is 0.336 e. The highest BCUT2D eigenvalue weighted by atomic mass is 16.5. The number of nitrogens with zero attached hydrogens (tertiary/aromatic N) is 3. The van der Waals surface area contributed by atoms with Crippen LogP contribution in [0.3, 0.4) is 0 Å². The number of carbonyl (C=O) groups excluding carboxylic acids is 1. The Kier molecular flexibility index (Phi) is 4.79. The second kappa shape index (κ2) is 7.17. The highest BCUT2D eigenvalue weighted by Crippen LogP contribution is 2.25. The molecule has 0 bridgehead atoms. The number of hydrogen-bond donors (Lipinski definition) is 0. The third-order valence-electron chi connectivity index (χ3n) is 3.47. The topological polar surface area (TPSA) is 66.2 Å². The number of aromatic nitrogens is 3. The first-order valence-corrected chi connectivity index (χ1v) is 7.96. The Balaban J connectivity index is 2.09. The molecule has 6 heteroatoms. The van der Waals surface area contributed by atoms with Crippen LogP contribution in [-0.4, -0.2) is 33.9 Å². The minimum Gasteiger partial charge on any atom is -0.497 e. The average molecular weight is 337 g/mol. The van der Waals surface area contributed by atoms with Gasteiger partial charge in [0.2, 0.25) is 0 Å². The van der Waals surface area contributed by atoms with Crippen LogP contribution in [0, 0.1) is 0 Å². The Morgan fingerprint density at radius 3 is 2.52 bits per heavy atom. The quantitative estimate of drug-likeness (QED) is 0.713. The maximum absolute atomic E-state index is 12.9. The van der Waals surface area contributed by atoms with Crippen molar-refractivity contribution < 1.29 is 14.3 Å². The molecule has 2 aromatic carbocycles. The summed E-state index contributed by atoms with van der Waals surface area (Å²) >= 11 is 0. The molecule has 0 amide bonds. The second-order valence-corrected chi connectivity index (χ2v) is 5.70. The molecular formula is C19H19N3O3. The predicted molar refractivity (Wildman–Crippen MR) is 93.9 cm³/mol. The van der Waals surface area contributed by atoms with E-state index in [-0.39, 0.29) is 18.0 Å². The molecule has 1 heterocycles. The van der Waals surface area contributed by atoms with Crippen molar-refractivity contribution >= 4 is 5.91 Å². The van der Waals surface area contributed by atoms with E-state index in [9.17, 15) is 4.79 Å². The summed E-state index contributed by atoms with van der Waals surface area (Å²) in [6, 6.07) is 16.4. The van der Waals surface area contributed by atoms with Crippen LogP contribution in [0.1, 0.15) is 24.2 Å². The molecule has 0 unspecified atom stereocenters. The summed E-state index contributed by atoms with van der Waals surface area (Å²) in [7, 11) is 1.59. The number of methoxy groups -OCH3 is 1. The lowest BCUT2D eigenvalue weighted by Gasteiger charge is -2.06. The highest BCUT2D eigenvalue weighted by Gasteiger charge is 2.20. The van der Waals surface area contributed by atoms with Crippen molar-refractivity contribution in [2.45, 2.75) is 20.0 Å². The van der Waals surface area contributed by atoms with E-state index < -0.39 is 0 Å². The van der Waals surface area contributed by atoms with Gasteiger partial charge >= 0.3 is 6.01 Å². The average Bonchev–Trinajstić information content (AvgIpc) is 3.05. The first-order chi connectivity index (χ1) is 12.1. The van der Waals surface area contributed by atoms with Crippen LogP contribution >= 0.6 is 0 Å². The lowest BCUT2D eigenvalue weighted by atomic mass is 10.2. The van der Waals surface area contributed by atoms with E-state index in [0.29, 0.717) is 17.1 Å². The maximum atomic E-state index is 12.9. The smallest absolute Gasteiger partial charge is 0.336 e. The molecule has 6 nitrogen and oxygen atoms in total. The van der Waals surface area contributed by atoms with E-state index in [2.05, 4.69) is 10.1 Å². The van der Waals surface area contributed by atoms with Gasteiger partial charge in [-0.05, 0) is 38.1 Å². The SMILES string of the molecule is COc1cccc(-c2nc(OC(C)C)nn2C(=O)c2ccccc2)c1. The Morgan fingerprint density at radius 1 is 1.08 bits per heavy atom. The third-order valence-corrected chi connectivity index (χ3v) is 3.47. The Bertz CT molecular complexity index is 873. The van der Waals surface area contributed by atoms with Gasteiger partial charge in [0, 0.05) is 11.1 Å². The fraction of sp³-hybridized carbons (Fsp3) is 0.211. The first kappa shape index (κ1) is 16.7. The molecule has 0 atom stereocenters. The molecule has 0 aliphatic carbocycles. The summed E-state index contributed by atoms with van der Waals surface area (Å²) in [6.07, 6.45) is -0.0964. The van der Waals surface area contributed by atoms with E-state index in [1.165, 1.54) is 4.68 Å². The standard InChI is InChI=1S/C19H19N3O3/c1-13(2)25-19-20-17(15-10-7-11-16(12-15)24-3)22(21-19)18(23)14-8-5-4-6-9-14/h4-13H,1-3H3. The molecule has 25 heavy (non-hydrogen) atoms. The highest BCUT2D eigenvalue weighted by molar-refractivity contribution is 5.97. The van der Waals surface area contributed by atoms with E-state index in [1.54, 1.807) is 37.4 Å². The van der Waals surface area contributed by atoms with E-state index >= 15 is 0 Å². The lowest BCUT2D eigenvalue weighted by molar-refractivity contribution is 0.0943. The van der Waals surface area contributed by atoms with E-state index in [1.807, 2.05) is 38.1 Å². The van der Waals surface area contributed by atoms with Crippen molar-refractivity contribution in [2.24, 2.45) is 0 Å². The molecule has 0 fully saturated rings. The van der Waals surface area contributed by atoms with Crippen molar-refractivity contribution in [1.82, 2.24) is 14.8 Å². The summed E-state index contributed by atoms with van der Waals surface area (Å²) in [5, 5.41) is 4.25. The monoisotopic (exact) mass is 337 g/mol. The fourth-order valence-corrected chi connectivity index (χ4v) is 2.35. The summed E-state index contributed by atoms with van der Waals surface area (Å²) in [6.45, 7) is 3.76. The number of hydrogen-bond acceptors (Lipinski definition) is 5. The fourth-order valence-electron chi connectivity index (χ4n) is 2.35.